The van der Waals surface area contributed by atoms with Crippen molar-refractivity contribution in [3.63, 3.8) is 0 Å². The lowest BCUT2D eigenvalue weighted by molar-refractivity contribution is -0.0466. The smallest absolute Gasteiger partial charge is 0.252 e. The van der Waals surface area contributed by atoms with Gasteiger partial charge in [0.1, 0.15) is 53.2 Å². The number of nitrogens with zero attached hydrogens (tertiary/aromatic N) is 19. The number of aryl methyl sites for hydroxylation is 2. The Morgan fingerprint density at radius 3 is 1.35 bits per heavy atom. The zero-order valence-corrected chi connectivity index (χ0v) is 67.0. The van der Waals surface area contributed by atoms with Crippen molar-refractivity contribution in [3.8, 4) is 56.9 Å². The number of fused-ring (bicyclic) bond motifs is 15. The maximum absolute atomic E-state index is 14.6. The molecule has 5 saturated carbocycles. The van der Waals surface area contributed by atoms with Gasteiger partial charge >= 0.3 is 0 Å². The first kappa shape index (κ1) is 77.1. The maximum Gasteiger partial charge on any atom is 0.252 e. The molecule has 1 unspecified atom stereocenters. The first-order valence-electron chi connectivity index (χ1n) is 39.1. The molecule has 3 aromatic carbocycles. The Bertz CT molecular complexity index is 6220. The van der Waals surface area contributed by atoms with Gasteiger partial charge in [-0.3, -0.25) is 13.9 Å². The normalized spacial score (nSPS) is 23.2. The molecule has 12 aromatic rings. The summed E-state index contributed by atoms with van der Waals surface area (Å²) in [6.45, 7) is 15.1. The summed E-state index contributed by atoms with van der Waals surface area (Å²) in [7, 11) is -5.64. The second-order valence-electron chi connectivity index (χ2n) is 34.1. The van der Waals surface area contributed by atoms with E-state index in [1.165, 1.54) is 78.0 Å². The molecule has 32 heteroatoms. The van der Waals surface area contributed by atoms with Gasteiger partial charge in [-0.05, 0) is 234 Å². The number of sulfonamides is 1. The highest BCUT2D eigenvalue weighted by Gasteiger charge is 2.68. The molecule has 20 rings (SSSR count). The Morgan fingerprint density at radius 1 is 0.504 bits per heavy atom. The van der Waals surface area contributed by atoms with Crippen LogP contribution in [-0.2, 0) is 47.8 Å². The standard InChI is InChI=1S/C30H31F2N7OS.C28H26F2N6O2S.C27H25F2N7O/c1-29(2)20-9-12-30(29,27-19(20)15-23(36-37-27)26-21(31)5-4-6-22(26)32)24-10-13-33-28(35-24)39-17-34-25(38-39)11-14-41(3,40)16-18-7-8-18;1-15-10-21(16-13-31-26(32-14-16)36-39(4,37)38)33-23(11-15)28-9-8-18(27(28,2)3)17-12-22(34-35-25(17)28)24-19(29)6-5-7-20(24)30;1-25(2)16-7-11-27(25,22-15(16)13-19(33-34-22)21-17(28)5-3-6-18(21)29)20-8-12-30-24(32-20)36-14-31-23(35-36)26(37)9-4-10-26/h4-6,10,13,15,17-18,20H,3,7-9,11-12,14,16H2,1-2H3;5-7,10-14,18H,8-9H2,1-4H3,(H,31,32,36);3,5-6,8,12-14,16,37H,4,7,9-11H2,1-2H3/t20-,30-,41?;18-,28-;16-,27-/m000/s1. The summed E-state index contributed by atoms with van der Waals surface area (Å²) in [6, 6.07) is 24.5. The number of hydrogen-bond acceptors (Lipinski definition) is 21. The number of halogens is 6. The zero-order valence-electron chi connectivity index (χ0n) is 65.4. The number of aliphatic hydroxyl groups is 1. The molecule has 0 saturated heterocycles. The van der Waals surface area contributed by atoms with E-state index in [-0.39, 0.29) is 73.7 Å². The number of nitrogens with one attached hydrogen (secondary N) is 1. The van der Waals surface area contributed by atoms with Crippen LogP contribution in [0, 0.1) is 64.0 Å². The lowest BCUT2D eigenvalue weighted by Gasteiger charge is -2.37. The molecule has 2 N–H and O–H groups in total. The van der Waals surface area contributed by atoms with Crippen molar-refractivity contribution in [2.24, 2.45) is 22.2 Å². The minimum atomic E-state index is -3.50. The molecular formula is C85H82F6N20O4S2. The van der Waals surface area contributed by atoms with Crippen LogP contribution >= 0.6 is 0 Å². The van der Waals surface area contributed by atoms with Crippen molar-refractivity contribution in [1.29, 1.82) is 0 Å². The van der Waals surface area contributed by atoms with E-state index < -0.39 is 76.3 Å². The van der Waals surface area contributed by atoms with Gasteiger partial charge in [0, 0.05) is 48.3 Å². The molecule has 6 bridgehead atoms. The van der Waals surface area contributed by atoms with Gasteiger partial charge in [0.05, 0.1) is 96.1 Å². The van der Waals surface area contributed by atoms with Gasteiger partial charge in [-0.2, -0.15) is 24.7 Å². The molecule has 0 spiro atoms. The van der Waals surface area contributed by atoms with Gasteiger partial charge in [-0.25, -0.2) is 74.6 Å². The van der Waals surface area contributed by atoms with Crippen LogP contribution in [-0.4, -0.2) is 136 Å². The molecule has 5 fully saturated rings. The van der Waals surface area contributed by atoms with E-state index in [9.17, 15) is 44.1 Å². The van der Waals surface area contributed by atoms with Crippen LogP contribution in [0.15, 0.2) is 135 Å². The lowest BCUT2D eigenvalue weighted by atomic mass is 9.66. The molecule has 117 heavy (non-hydrogen) atoms. The first-order chi connectivity index (χ1) is 55.7. The van der Waals surface area contributed by atoms with Gasteiger partial charge in [0.15, 0.2) is 11.6 Å². The second kappa shape index (κ2) is 27.8. The Kier molecular flexibility index (Phi) is 18.3. The average molecular weight is 1630 g/mol. The van der Waals surface area contributed by atoms with Crippen molar-refractivity contribution < 1.29 is 44.1 Å². The van der Waals surface area contributed by atoms with Gasteiger partial charge in [0.2, 0.25) is 16.0 Å². The van der Waals surface area contributed by atoms with Gasteiger partial charge in [-0.15, -0.1) is 25.5 Å². The molecular weight excluding hydrogens is 1540 g/mol. The largest absolute Gasteiger partial charge is 0.382 e. The zero-order chi connectivity index (χ0) is 81.9. The van der Waals surface area contributed by atoms with Gasteiger partial charge in [-0.1, -0.05) is 59.7 Å². The van der Waals surface area contributed by atoms with Crippen LogP contribution in [0.4, 0.5) is 32.3 Å². The van der Waals surface area contributed by atoms with Crippen LogP contribution in [0.1, 0.15) is 198 Å². The van der Waals surface area contributed by atoms with Crippen molar-refractivity contribution in [3.05, 3.63) is 237 Å². The molecule has 7 atom stereocenters. The van der Waals surface area contributed by atoms with E-state index >= 15 is 0 Å². The molecule has 0 amide bonds. The highest BCUT2D eigenvalue weighted by molar-refractivity contribution is 8.00. The summed E-state index contributed by atoms with van der Waals surface area (Å²) in [4.78, 5) is 40.8. The summed E-state index contributed by atoms with van der Waals surface area (Å²) in [5, 5.41) is 46.4. The quantitative estimate of drug-likeness (QED) is 0.0632. The maximum atomic E-state index is 14.6. The summed E-state index contributed by atoms with van der Waals surface area (Å²) in [6.07, 6.45) is 20.7. The van der Waals surface area contributed by atoms with Gasteiger partial charge in [0.25, 0.3) is 11.9 Å². The fourth-order valence-corrected chi connectivity index (χ4v) is 22.6. The monoisotopic (exact) mass is 1620 g/mol. The number of benzene rings is 3. The Labute approximate surface area is 670 Å². The van der Waals surface area contributed by atoms with E-state index in [1.54, 1.807) is 41.6 Å². The molecule has 0 aliphatic heterocycles. The molecule has 9 heterocycles. The van der Waals surface area contributed by atoms with E-state index in [0.717, 1.165) is 120 Å². The summed E-state index contributed by atoms with van der Waals surface area (Å²) in [5.41, 5.74) is 6.58. The number of pyridine rings is 1. The predicted octanol–water partition coefficient (Wildman–Crippen LogP) is 14.2. The van der Waals surface area contributed by atoms with E-state index in [4.69, 9.17) is 15.0 Å². The minimum absolute atomic E-state index is 0.0189. The molecule has 8 aliphatic carbocycles. The van der Waals surface area contributed by atoms with Crippen LogP contribution < -0.4 is 4.72 Å². The van der Waals surface area contributed by atoms with Crippen molar-refractivity contribution in [2.75, 3.05) is 22.5 Å². The number of rotatable bonds is 17. The topological polar surface area (TPSA) is 312 Å². The SMILES string of the molecule is C=S(=O)(CCc1ncn(-c2nccc([C@@]34CC[C@@H](c5cc(-c6c(F)cccc6F)nnc53)C4(C)C)n2)n1)CC1CC1.CC1(C)[C@H]2CC[C@]1(c1ccnc(-n3cnc(C4(O)CCC4)n3)n1)c1nnc(-c3c(F)cccc3F)cc12.Cc1cc(-c2cnc(NS(C)(=O)=O)nc2)nc([C@@]23CC[C@@H](c4cc(-c5c(F)cccc5F)nnc42)C3(C)C)c1. The van der Waals surface area contributed by atoms with E-state index in [1.807, 2.05) is 25.1 Å². The number of anilines is 1. The lowest BCUT2D eigenvalue weighted by Crippen LogP contribution is -2.38. The number of aromatic nitrogens is 19. The van der Waals surface area contributed by atoms with E-state index in [2.05, 4.69) is 129 Å². The summed E-state index contributed by atoms with van der Waals surface area (Å²) in [5.74, 6) is 3.73. The third kappa shape index (κ3) is 12.5. The fraction of sp³-hybridized carbons (Fsp3) is 0.388. The minimum Gasteiger partial charge on any atom is -0.382 e. The van der Waals surface area contributed by atoms with Crippen molar-refractivity contribution in [1.82, 2.24) is 95.0 Å². The highest BCUT2D eigenvalue weighted by atomic mass is 32.2. The molecule has 24 nitrogen and oxygen atoms in total. The summed E-state index contributed by atoms with van der Waals surface area (Å²) >= 11 is 0. The Balaban J connectivity index is 0.000000121. The van der Waals surface area contributed by atoms with Gasteiger partial charge < -0.3 is 5.11 Å². The molecule has 600 valence electrons. The first-order valence-corrected chi connectivity index (χ1v) is 43.0. The molecule has 9 aromatic heterocycles. The third-order valence-corrected chi connectivity index (χ3v) is 29.1. The molecule has 0 radical (unpaired) electrons. The fourth-order valence-electron chi connectivity index (χ4n) is 20.3. The highest BCUT2D eigenvalue weighted by Crippen LogP contribution is 2.72. The third-order valence-electron chi connectivity index (χ3n) is 26.6. The van der Waals surface area contributed by atoms with Crippen molar-refractivity contribution in [2.45, 2.75) is 165 Å². The Morgan fingerprint density at radius 2 is 0.932 bits per heavy atom. The van der Waals surface area contributed by atoms with Crippen LogP contribution in [0.25, 0.3) is 56.9 Å². The molecule has 8 aliphatic rings. The van der Waals surface area contributed by atoms with Crippen LogP contribution in [0.5, 0.6) is 0 Å². The Hall–Kier alpha value is -11.1. The van der Waals surface area contributed by atoms with Crippen LogP contribution in [0.3, 0.4) is 0 Å². The number of hydrogen-bond donors (Lipinski definition) is 2. The predicted molar refractivity (Wildman–Crippen MR) is 423 cm³/mol. The average Bonchev–Trinajstić information content (AvgIpc) is 1.52. The second-order valence-corrected chi connectivity index (χ2v) is 38.6. The van der Waals surface area contributed by atoms with E-state index in [0.29, 0.717) is 71.5 Å². The van der Waals surface area contributed by atoms with Crippen LogP contribution in [0.2, 0.25) is 0 Å². The summed E-state index contributed by atoms with van der Waals surface area (Å²) < 4.78 is 128. The van der Waals surface area contributed by atoms with Crippen molar-refractivity contribution >= 4 is 31.4 Å².